The first-order chi connectivity index (χ1) is 16.1. The van der Waals surface area contributed by atoms with Crippen molar-refractivity contribution < 1.29 is 14.3 Å². The van der Waals surface area contributed by atoms with Crippen LogP contribution < -0.4 is 15.4 Å². The molecular weight excluding hydrogens is 414 g/mol. The van der Waals surface area contributed by atoms with Gasteiger partial charge >= 0.3 is 6.09 Å². The van der Waals surface area contributed by atoms with Crippen LogP contribution in [0, 0.1) is 11.3 Å². The Kier molecular flexibility index (Phi) is 9.19. The van der Waals surface area contributed by atoms with Gasteiger partial charge in [0.25, 0.3) is 0 Å². The third-order valence-electron chi connectivity index (χ3n) is 5.80. The molecule has 0 radical (unpaired) electrons. The molecule has 1 aromatic carbocycles. The van der Waals surface area contributed by atoms with Crippen molar-refractivity contribution in [1.82, 2.24) is 5.32 Å². The number of ether oxygens (including phenoxy) is 2. The first-order valence-electron chi connectivity index (χ1n) is 11.7. The molecule has 33 heavy (non-hydrogen) atoms. The quantitative estimate of drug-likeness (QED) is 0.345. The van der Waals surface area contributed by atoms with Crippen molar-refractivity contribution in [1.29, 1.82) is 5.26 Å². The Morgan fingerprint density at radius 3 is 2.85 bits per heavy atom. The van der Waals surface area contributed by atoms with E-state index in [9.17, 15) is 10.1 Å². The van der Waals surface area contributed by atoms with Gasteiger partial charge in [0.05, 0.1) is 25.4 Å². The zero-order valence-electron chi connectivity index (χ0n) is 19.5. The number of benzene rings is 1. The monoisotopic (exact) mass is 447 g/mol. The van der Waals surface area contributed by atoms with Crippen molar-refractivity contribution in [2.24, 2.45) is 0 Å². The second-order valence-corrected chi connectivity index (χ2v) is 8.29. The van der Waals surface area contributed by atoms with Crippen molar-refractivity contribution in [3.63, 3.8) is 0 Å². The van der Waals surface area contributed by atoms with Gasteiger partial charge in [0.1, 0.15) is 5.75 Å². The molecule has 3 rings (SSSR count). The zero-order valence-corrected chi connectivity index (χ0v) is 19.5. The normalized spacial score (nSPS) is 16.3. The van der Waals surface area contributed by atoms with E-state index >= 15 is 0 Å². The summed E-state index contributed by atoms with van der Waals surface area (Å²) in [6.45, 7) is 2.46. The predicted octanol–water partition coefficient (Wildman–Crippen LogP) is 6.25. The Hall–Kier alpha value is -3.46. The summed E-state index contributed by atoms with van der Waals surface area (Å²) in [6, 6.07) is 8.57. The highest BCUT2D eigenvalue weighted by Crippen LogP contribution is 2.32. The largest absolute Gasteiger partial charge is 0.497 e. The lowest BCUT2D eigenvalue weighted by atomic mass is 9.99. The summed E-state index contributed by atoms with van der Waals surface area (Å²) in [5, 5.41) is 16.3. The van der Waals surface area contributed by atoms with Crippen molar-refractivity contribution in [3.05, 3.63) is 65.4 Å². The van der Waals surface area contributed by atoms with Crippen LogP contribution in [0.25, 0.3) is 5.57 Å². The van der Waals surface area contributed by atoms with E-state index in [-0.39, 0.29) is 0 Å². The minimum absolute atomic E-state index is 0.413. The van der Waals surface area contributed by atoms with Gasteiger partial charge in [-0.25, -0.2) is 4.79 Å². The molecule has 0 saturated heterocycles. The number of nitriles is 1. The smallest absolute Gasteiger partial charge is 0.411 e. The molecule has 0 aliphatic heterocycles. The summed E-state index contributed by atoms with van der Waals surface area (Å²) in [6.07, 6.45) is 16.2. The number of carbonyl (C=O) groups is 1. The molecule has 0 heterocycles. The van der Waals surface area contributed by atoms with Crippen molar-refractivity contribution in [2.45, 2.75) is 57.9 Å². The molecule has 1 saturated carbocycles. The second-order valence-electron chi connectivity index (χ2n) is 8.29. The summed E-state index contributed by atoms with van der Waals surface area (Å²) in [4.78, 5) is 11.9. The Balaban J connectivity index is 1.75. The van der Waals surface area contributed by atoms with Gasteiger partial charge in [0, 0.05) is 29.1 Å². The number of unbranched alkanes of at least 4 members (excludes halogenated alkanes) is 1. The summed E-state index contributed by atoms with van der Waals surface area (Å²) in [5.74, 6) is 0.762. The number of rotatable bonds is 9. The molecule has 6 heteroatoms. The summed E-state index contributed by atoms with van der Waals surface area (Å²) in [5.41, 5.74) is 4.03. The first kappa shape index (κ1) is 24.2. The average molecular weight is 448 g/mol. The lowest BCUT2D eigenvalue weighted by molar-refractivity contribution is 0.147. The molecule has 0 bridgehead atoms. The number of nitrogens with one attached hydrogen (secondary N) is 2. The molecule has 2 aliphatic rings. The van der Waals surface area contributed by atoms with E-state index < -0.39 is 6.09 Å². The molecule has 0 unspecified atom stereocenters. The van der Waals surface area contributed by atoms with Crippen LogP contribution in [0.4, 0.5) is 10.5 Å². The van der Waals surface area contributed by atoms with E-state index in [1.54, 1.807) is 7.11 Å². The maximum Gasteiger partial charge on any atom is 0.411 e. The van der Waals surface area contributed by atoms with Gasteiger partial charge in [-0.15, -0.1) is 0 Å². The number of amides is 1. The van der Waals surface area contributed by atoms with Gasteiger partial charge in [-0.05, 0) is 55.5 Å². The standard InChI is InChI=1S/C27H33N3O3/c1-3-4-16-33-27(31)30-23-11-7-8-20(12-13-23)17-21(19-28)25-15-14-24(32-2)18-26(25)29-22-9-5-6-10-22/h7-8,11,13-15,17-18,22,29H,3-6,9-10,12,16H2,1-2H3,(H,30,31)/b21-17+. The van der Waals surface area contributed by atoms with Crippen LogP contribution in [0.15, 0.2) is 59.8 Å². The van der Waals surface area contributed by atoms with Crippen molar-refractivity contribution in [3.8, 4) is 11.8 Å². The molecule has 0 atom stereocenters. The van der Waals surface area contributed by atoms with Gasteiger partial charge in [-0.2, -0.15) is 5.26 Å². The van der Waals surface area contributed by atoms with Crippen LogP contribution in [0.3, 0.4) is 0 Å². The Bertz CT molecular complexity index is 992. The average Bonchev–Trinajstić information content (AvgIpc) is 3.24. The maximum atomic E-state index is 11.9. The van der Waals surface area contributed by atoms with Crippen molar-refractivity contribution >= 4 is 17.4 Å². The summed E-state index contributed by atoms with van der Waals surface area (Å²) < 4.78 is 10.6. The van der Waals surface area contributed by atoms with Crippen LogP contribution in [0.1, 0.15) is 57.4 Å². The molecule has 2 N–H and O–H groups in total. The summed E-state index contributed by atoms with van der Waals surface area (Å²) >= 11 is 0. The predicted molar refractivity (Wildman–Crippen MR) is 132 cm³/mol. The first-order valence-corrected chi connectivity index (χ1v) is 11.7. The topological polar surface area (TPSA) is 83.4 Å². The third-order valence-corrected chi connectivity index (χ3v) is 5.80. The van der Waals surface area contributed by atoms with Crippen molar-refractivity contribution in [2.75, 3.05) is 19.0 Å². The number of hydrogen-bond donors (Lipinski definition) is 2. The van der Waals surface area contributed by atoms with E-state index in [0.29, 0.717) is 30.3 Å². The van der Waals surface area contributed by atoms with Crippen LogP contribution in [-0.4, -0.2) is 25.9 Å². The third kappa shape index (κ3) is 7.28. The second kappa shape index (κ2) is 12.5. The number of methoxy groups -OCH3 is 1. The Labute approximate surface area is 196 Å². The summed E-state index contributed by atoms with van der Waals surface area (Å²) in [7, 11) is 1.65. The highest BCUT2D eigenvalue weighted by molar-refractivity contribution is 5.86. The zero-order chi connectivity index (χ0) is 23.5. The molecule has 1 fully saturated rings. The Morgan fingerprint density at radius 1 is 1.30 bits per heavy atom. The van der Waals surface area contributed by atoms with E-state index in [0.717, 1.165) is 48.3 Å². The lowest BCUT2D eigenvalue weighted by Crippen LogP contribution is -2.23. The fourth-order valence-electron chi connectivity index (χ4n) is 3.95. The van der Waals surface area contributed by atoms with Gasteiger partial charge in [0.2, 0.25) is 0 Å². The SMILES string of the molecule is CCCCOC(=O)NC1=CCC(/C=C(\C#N)c2ccc(OC)cc2NC2CCCC2)=CC=C1. The fraction of sp³-hybridized carbons (Fsp3) is 0.407. The van der Waals surface area contributed by atoms with E-state index in [1.807, 2.05) is 55.5 Å². The minimum atomic E-state index is -0.447. The van der Waals surface area contributed by atoms with Gasteiger partial charge in [-0.1, -0.05) is 44.4 Å². The molecule has 6 nitrogen and oxygen atoms in total. The minimum Gasteiger partial charge on any atom is -0.497 e. The molecule has 2 aliphatic carbocycles. The molecule has 1 amide bonds. The van der Waals surface area contributed by atoms with E-state index in [1.165, 1.54) is 12.8 Å². The van der Waals surface area contributed by atoms with Gasteiger partial charge in [-0.3, -0.25) is 5.32 Å². The van der Waals surface area contributed by atoms with Crippen LogP contribution in [-0.2, 0) is 4.74 Å². The number of allylic oxidation sites excluding steroid dienone is 7. The van der Waals surface area contributed by atoms with Gasteiger partial charge < -0.3 is 14.8 Å². The maximum absolute atomic E-state index is 11.9. The number of alkyl carbamates (subject to hydrolysis) is 1. The highest BCUT2D eigenvalue weighted by Gasteiger charge is 2.18. The molecule has 0 aromatic heterocycles. The number of nitrogens with zero attached hydrogens (tertiary/aromatic N) is 1. The van der Waals surface area contributed by atoms with Crippen LogP contribution in [0.2, 0.25) is 0 Å². The lowest BCUT2D eigenvalue weighted by Gasteiger charge is -2.18. The van der Waals surface area contributed by atoms with E-state index in [4.69, 9.17) is 9.47 Å². The van der Waals surface area contributed by atoms with Gasteiger partial charge in [0.15, 0.2) is 0 Å². The number of carbonyl (C=O) groups excluding carboxylic acids is 1. The molecule has 0 spiro atoms. The molecule has 174 valence electrons. The van der Waals surface area contributed by atoms with Crippen LogP contribution in [0.5, 0.6) is 5.75 Å². The number of hydrogen-bond acceptors (Lipinski definition) is 5. The molecule has 1 aromatic rings. The molecular formula is C27H33N3O3. The van der Waals surface area contributed by atoms with Crippen LogP contribution >= 0.6 is 0 Å². The highest BCUT2D eigenvalue weighted by atomic mass is 16.5. The van der Waals surface area contributed by atoms with E-state index in [2.05, 4.69) is 16.7 Å². The number of anilines is 1. The Morgan fingerprint density at radius 2 is 2.12 bits per heavy atom. The fourth-order valence-corrected chi connectivity index (χ4v) is 3.95.